The van der Waals surface area contributed by atoms with Gasteiger partial charge >= 0.3 is 11.9 Å². The van der Waals surface area contributed by atoms with Crippen molar-refractivity contribution in [1.82, 2.24) is 0 Å². The van der Waals surface area contributed by atoms with Crippen LogP contribution in [0, 0.1) is 0 Å². The smallest absolute Gasteiger partial charge is 0.338 e. The van der Waals surface area contributed by atoms with E-state index in [1.54, 1.807) is 24.3 Å². The second kappa shape index (κ2) is 8.19. The third-order valence-corrected chi connectivity index (χ3v) is 2.78. The summed E-state index contributed by atoms with van der Waals surface area (Å²) in [5.74, 6) is -1.14. The van der Waals surface area contributed by atoms with Gasteiger partial charge in [-0.25, -0.2) is 9.59 Å². The van der Waals surface area contributed by atoms with E-state index in [4.69, 9.17) is 9.47 Å². The number of hydrogen-bond acceptors (Lipinski definition) is 6. The first-order valence-corrected chi connectivity index (χ1v) is 6.76. The molecular weight excluding hydrogens is 286 g/mol. The minimum Gasteiger partial charge on any atom is -0.459 e. The normalized spacial score (nSPS) is 11.5. The van der Waals surface area contributed by atoms with Crippen molar-refractivity contribution < 1.29 is 24.2 Å². The van der Waals surface area contributed by atoms with E-state index >= 15 is 0 Å². The molecule has 0 radical (unpaired) electrons. The van der Waals surface area contributed by atoms with Crippen LogP contribution in [-0.2, 0) is 14.3 Å². The number of rotatable bonds is 7. The minimum atomic E-state index is -1.08. The summed E-state index contributed by atoms with van der Waals surface area (Å²) >= 11 is 0. The van der Waals surface area contributed by atoms with Gasteiger partial charge in [-0.1, -0.05) is 6.58 Å². The Morgan fingerprint density at radius 2 is 1.73 bits per heavy atom. The van der Waals surface area contributed by atoms with Gasteiger partial charge in [0.05, 0.1) is 5.56 Å². The third-order valence-electron chi connectivity index (χ3n) is 2.78. The Morgan fingerprint density at radius 1 is 1.18 bits per heavy atom. The van der Waals surface area contributed by atoms with Crippen LogP contribution < -0.4 is 4.90 Å². The number of benzene rings is 1. The Balaban J connectivity index is 2.42. The van der Waals surface area contributed by atoms with Crippen molar-refractivity contribution in [3.63, 3.8) is 0 Å². The molecule has 120 valence electrons. The van der Waals surface area contributed by atoms with Gasteiger partial charge in [-0.15, -0.1) is 0 Å². The van der Waals surface area contributed by atoms with Gasteiger partial charge in [-0.3, -0.25) is 0 Å². The summed E-state index contributed by atoms with van der Waals surface area (Å²) in [6.07, 6.45) is -1.08. The summed E-state index contributed by atoms with van der Waals surface area (Å²) in [4.78, 5) is 24.9. The van der Waals surface area contributed by atoms with Crippen molar-refractivity contribution in [1.29, 1.82) is 0 Å². The molecule has 22 heavy (non-hydrogen) atoms. The molecule has 0 aliphatic heterocycles. The third kappa shape index (κ3) is 5.57. The molecule has 0 saturated heterocycles. The van der Waals surface area contributed by atoms with Crippen molar-refractivity contribution in [3.8, 4) is 0 Å². The summed E-state index contributed by atoms with van der Waals surface area (Å²) in [6.45, 7) is 4.42. The topological polar surface area (TPSA) is 76.1 Å². The SMILES string of the molecule is C=C(C)C(=O)OCC(O)COC(=O)c1ccc(N(C)C)cc1. The number of ether oxygens (including phenoxy) is 2. The zero-order valence-corrected chi connectivity index (χ0v) is 13.0. The van der Waals surface area contributed by atoms with Crippen LogP contribution in [0.15, 0.2) is 36.4 Å². The van der Waals surface area contributed by atoms with E-state index in [9.17, 15) is 14.7 Å². The van der Waals surface area contributed by atoms with E-state index < -0.39 is 18.0 Å². The van der Waals surface area contributed by atoms with Crippen molar-refractivity contribution in [2.75, 3.05) is 32.2 Å². The molecule has 1 atom stereocenters. The van der Waals surface area contributed by atoms with Gasteiger partial charge < -0.3 is 19.5 Å². The number of nitrogens with zero attached hydrogens (tertiary/aromatic N) is 1. The van der Waals surface area contributed by atoms with Crippen LogP contribution in [0.4, 0.5) is 5.69 Å². The zero-order chi connectivity index (χ0) is 16.7. The average Bonchev–Trinajstić information content (AvgIpc) is 2.50. The molecule has 1 rings (SSSR count). The summed E-state index contributed by atoms with van der Waals surface area (Å²) in [5.41, 5.74) is 1.59. The lowest BCUT2D eigenvalue weighted by molar-refractivity contribution is -0.142. The molecule has 0 aliphatic carbocycles. The maximum Gasteiger partial charge on any atom is 0.338 e. The van der Waals surface area contributed by atoms with E-state index in [-0.39, 0.29) is 18.8 Å². The first-order valence-electron chi connectivity index (χ1n) is 6.76. The monoisotopic (exact) mass is 307 g/mol. The number of aliphatic hydroxyl groups excluding tert-OH is 1. The molecule has 6 nitrogen and oxygen atoms in total. The van der Waals surface area contributed by atoms with Gasteiger partial charge in [0.25, 0.3) is 0 Å². The molecular formula is C16H21NO5. The first kappa shape index (κ1) is 17.7. The highest BCUT2D eigenvalue weighted by molar-refractivity contribution is 5.89. The summed E-state index contributed by atoms with van der Waals surface area (Å²) in [5, 5.41) is 9.60. The van der Waals surface area contributed by atoms with E-state index in [1.807, 2.05) is 19.0 Å². The molecule has 1 N–H and O–H groups in total. The highest BCUT2D eigenvalue weighted by Gasteiger charge is 2.13. The van der Waals surface area contributed by atoms with Gasteiger partial charge in [0.15, 0.2) is 0 Å². The van der Waals surface area contributed by atoms with Gasteiger partial charge in [-0.05, 0) is 31.2 Å². The minimum absolute atomic E-state index is 0.241. The van der Waals surface area contributed by atoms with Gasteiger partial charge in [-0.2, -0.15) is 0 Å². The Bertz CT molecular complexity index is 536. The molecule has 6 heteroatoms. The summed E-state index contributed by atoms with van der Waals surface area (Å²) < 4.78 is 9.73. The van der Waals surface area contributed by atoms with Crippen LogP contribution in [0.5, 0.6) is 0 Å². The van der Waals surface area contributed by atoms with E-state index in [2.05, 4.69) is 6.58 Å². The van der Waals surface area contributed by atoms with E-state index in [0.29, 0.717) is 5.56 Å². The second-order valence-corrected chi connectivity index (χ2v) is 5.07. The lowest BCUT2D eigenvalue weighted by Crippen LogP contribution is -2.25. The highest BCUT2D eigenvalue weighted by atomic mass is 16.6. The van der Waals surface area contributed by atoms with Crippen molar-refractivity contribution in [2.24, 2.45) is 0 Å². The van der Waals surface area contributed by atoms with Crippen molar-refractivity contribution in [3.05, 3.63) is 42.0 Å². The van der Waals surface area contributed by atoms with Crippen LogP contribution in [0.2, 0.25) is 0 Å². The number of carbonyl (C=O) groups excluding carboxylic acids is 2. The molecule has 0 fully saturated rings. The second-order valence-electron chi connectivity index (χ2n) is 5.07. The lowest BCUT2D eigenvalue weighted by Gasteiger charge is -2.13. The fourth-order valence-corrected chi connectivity index (χ4v) is 1.49. The molecule has 1 aromatic carbocycles. The van der Waals surface area contributed by atoms with E-state index in [0.717, 1.165) is 5.69 Å². The van der Waals surface area contributed by atoms with E-state index in [1.165, 1.54) is 6.92 Å². The van der Waals surface area contributed by atoms with Crippen LogP contribution in [0.25, 0.3) is 0 Å². The number of hydrogen-bond donors (Lipinski definition) is 1. The molecule has 1 aromatic rings. The lowest BCUT2D eigenvalue weighted by atomic mass is 10.2. The predicted molar refractivity (Wildman–Crippen MR) is 82.8 cm³/mol. The van der Waals surface area contributed by atoms with Crippen molar-refractivity contribution >= 4 is 17.6 Å². The molecule has 0 amide bonds. The number of esters is 2. The fraction of sp³-hybridized carbons (Fsp3) is 0.375. The number of carbonyl (C=O) groups is 2. The summed E-state index contributed by atoms with van der Waals surface area (Å²) in [6, 6.07) is 6.87. The largest absolute Gasteiger partial charge is 0.459 e. The quantitative estimate of drug-likeness (QED) is 0.606. The Kier molecular flexibility index (Phi) is 6.59. The predicted octanol–water partition coefficient (Wildman–Crippen LogP) is 1.39. The molecule has 0 aromatic heterocycles. The van der Waals surface area contributed by atoms with Crippen molar-refractivity contribution in [2.45, 2.75) is 13.0 Å². The van der Waals surface area contributed by atoms with Crippen LogP contribution in [-0.4, -0.2) is 50.5 Å². The Hall–Kier alpha value is -2.34. The number of aliphatic hydroxyl groups is 1. The van der Waals surface area contributed by atoms with Gasteiger partial charge in [0.1, 0.15) is 19.3 Å². The van der Waals surface area contributed by atoms with Crippen LogP contribution in [0.1, 0.15) is 17.3 Å². The molecule has 0 saturated carbocycles. The average molecular weight is 307 g/mol. The van der Waals surface area contributed by atoms with Crippen LogP contribution >= 0.6 is 0 Å². The molecule has 1 unspecified atom stereocenters. The van der Waals surface area contributed by atoms with Gasteiger partial charge in [0.2, 0.25) is 0 Å². The summed E-state index contributed by atoms with van der Waals surface area (Å²) in [7, 11) is 3.80. The molecule has 0 spiro atoms. The molecule has 0 heterocycles. The highest BCUT2D eigenvalue weighted by Crippen LogP contribution is 2.13. The van der Waals surface area contributed by atoms with Crippen LogP contribution in [0.3, 0.4) is 0 Å². The Morgan fingerprint density at radius 3 is 2.23 bits per heavy atom. The standard InChI is InChI=1S/C16H21NO5/c1-11(2)15(19)21-9-14(18)10-22-16(20)12-5-7-13(8-6-12)17(3)4/h5-8,14,18H,1,9-10H2,2-4H3. The van der Waals surface area contributed by atoms with Gasteiger partial charge in [0, 0.05) is 25.4 Å². The molecule has 0 bridgehead atoms. The maximum atomic E-state index is 11.8. The zero-order valence-electron chi connectivity index (χ0n) is 13.0. The number of anilines is 1. The maximum absolute atomic E-state index is 11.8. The molecule has 0 aliphatic rings. The Labute approximate surface area is 129 Å². The first-order chi connectivity index (χ1) is 10.3. The fourth-order valence-electron chi connectivity index (χ4n) is 1.49.